The second kappa shape index (κ2) is 3.00. The molecule has 2 aliphatic carbocycles. The van der Waals surface area contributed by atoms with Crippen molar-refractivity contribution in [3.05, 3.63) is 0 Å². The molecule has 0 heterocycles. The first-order valence-electron chi connectivity index (χ1n) is 6.13. The van der Waals surface area contributed by atoms with Gasteiger partial charge in [0.05, 0.1) is 0 Å². The number of hydrogen-bond acceptors (Lipinski definition) is 0. The van der Waals surface area contributed by atoms with Gasteiger partial charge in [0.1, 0.15) is 0 Å². The molecule has 2 saturated carbocycles. The van der Waals surface area contributed by atoms with Crippen molar-refractivity contribution < 1.29 is 0 Å². The van der Waals surface area contributed by atoms with E-state index in [1.165, 1.54) is 25.7 Å². The van der Waals surface area contributed by atoms with Crippen LogP contribution in [-0.4, -0.2) is 0 Å². The van der Waals surface area contributed by atoms with E-state index in [1.54, 1.807) is 0 Å². The smallest absolute Gasteiger partial charge is 0.0264 e. The molecule has 2 aliphatic rings. The van der Waals surface area contributed by atoms with Crippen LogP contribution >= 0.6 is 0 Å². The van der Waals surface area contributed by atoms with E-state index in [9.17, 15) is 0 Å². The highest BCUT2D eigenvalue weighted by molar-refractivity contribution is 5.07. The Kier molecular flexibility index (Phi) is 2.20. The lowest BCUT2D eigenvalue weighted by Gasteiger charge is -2.52. The molecule has 0 aromatic carbocycles. The minimum Gasteiger partial charge on any atom is -0.0651 e. The summed E-state index contributed by atoms with van der Waals surface area (Å²) in [5.74, 6) is 4.18. The fraction of sp³-hybridized carbons (Fsp3) is 1.00. The Balaban J connectivity index is 2.10. The van der Waals surface area contributed by atoms with Gasteiger partial charge in [-0.1, -0.05) is 40.5 Å². The molecule has 76 valence electrons. The molecule has 0 saturated heterocycles. The van der Waals surface area contributed by atoms with Gasteiger partial charge in [0.25, 0.3) is 0 Å². The molecule has 0 amide bonds. The van der Waals surface area contributed by atoms with Gasteiger partial charge < -0.3 is 0 Å². The summed E-state index contributed by atoms with van der Waals surface area (Å²) in [5.41, 5.74) is 0.737. The maximum absolute atomic E-state index is 2.55. The van der Waals surface area contributed by atoms with Gasteiger partial charge in [-0.05, 0) is 41.9 Å². The molecule has 0 radical (unpaired) electrons. The molecule has 0 bridgehead atoms. The molecule has 0 heteroatoms. The van der Waals surface area contributed by atoms with Crippen LogP contribution < -0.4 is 0 Å². The van der Waals surface area contributed by atoms with E-state index in [1.807, 2.05) is 0 Å². The van der Waals surface area contributed by atoms with Crippen LogP contribution in [0, 0.1) is 29.1 Å². The second-order valence-electron chi connectivity index (χ2n) is 5.68. The number of rotatable bonds is 2. The molecule has 0 nitrogen and oxygen atoms in total. The predicted molar refractivity (Wildman–Crippen MR) is 57.6 cm³/mol. The normalized spacial score (nSPS) is 54.5. The number of hydrogen-bond donors (Lipinski definition) is 0. The average molecular weight is 180 g/mol. The first-order chi connectivity index (χ1) is 6.13. The van der Waals surface area contributed by atoms with Gasteiger partial charge in [0, 0.05) is 0 Å². The maximum atomic E-state index is 2.55. The van der Waals surface area contributed by atoms with Crippen molar-refractivity contribution in [1.82, 2.24) is 0 Å². The predicted octanol–water partition coefficient (Wildman–Crippen LogP) is 4.10. The molecule has 5 atom stereocenters. The monoisotopic (exact) mass is 180 g/mol. The van der Waals surface area contributed by atoms with E-state index < -0.39 is 0 Å². The van der Waals surface area contributed by atoms with Crippen LogP contribution in [0.5, 0.6) is 0 Å². The first kappa shape index (κ1) is 9.55. The Bertz CT molecular complexity index is 196. The molecule has 0 aromatic rings. The molecule has 2 fully saturated rings. The van der Waals surface area contributed by atoms with Crippen LogP contribution in [0.4, 0.5) is 0 Å². The van der Waals surface area contributed by atoms with Crippen molar-refractivity contribution in [2.24, 2.45) is 29.1 Å². The van der Waals surface area contributed by atoms with Crippen LogP contribution in [0.3, 0.4) is 0 Å². The highest BCUT2D eigenvalue weighted by Crippen LogP contribution is 2.66. The van der Waals surface area contributed by atoms with Crippen molar-refractivity contribution >= 4 is 0 Å². The topological polar surface area (TPSA) is 0 Å². The quantitative estimate of drug-likeness (QED) is 0.600. The van der Waals surface area contributed by atoms with Crippen LogP contribution in [0.25, 0.3) is 0 Å². The van der Waals surface area contributed by atoms with Gasteiger partial charge in [0.2, 0.25) is 0 Å². The number of fused-ring (bicyclic) bond motifs is 1. The molecule has 0 N–H and O–H groups in total. The third kappa shape index (κ3) is 1.10. The summed E-state index contributed by atoms with van der Waals surface area (Å²) in [5, 5.41) is 0. The second-order valence-corrected chi connectivity index (χ2v) is 5.68. The minimum absolute atomic E-state index is 0.737. The minimum atomic E-state index is 0.737. The molecule has 0 spiro atoms. The zero-order chi connectivity index (χ0) is 9.64. The SMILES string of the molecule is CCC1CC2C(CC)CC2(C)C1C. The van der Waals surface area contributed by atoms with Crippen molar-refractivity contribution in [3.8, 4) is 0 Å². The zero-order valence-corrected chi connectivity index (χ0v) is 9.64. The Labute approximate surface area is 83.1 Å². The lowest BCUT2D eigenvalue weighted by Crippen LogP contribution is -2.44. The van der Waals surface area contributed by atoms with Crippen LogP contribution in [-0.2, 0) is 0 Å². The third-order valence-corrected chi connectivity index (χ3v) is 5.47. The summed E-state index contributed by atoms with van der Waals surface area (Å²) < 4.78 is 0. The van der Waals surface area contributed by atoms with E-state index >= 15 is 0 Å². The van der Waals surface area contributed by atoms with Gasteiger partial charge in [-0.25, -0.2) is 0 Å². The van der Waals surface area contributed by atoms with Crippen molar-refractivity contribution in [3.63, 3.8) is 0 Å². The summed E-state index contributed by atoms with van der Waals surface area (Å²) in [6.07, 6.45) is 5.88. The summed E-state index contributed by atoms with van der Waals surface area (Å²) >= 11 is 0. The van der Waals surface area contributed by atoms with Crippen LogP contribution in [0.1, 0.15) is 53.4 Å². The Morgan fingerprint density at radius 2 is 1.77 bits per heavy atom. The van der Waals surface area contributed by atoms with Gasteiger partial charge in [0.15, 0.2) is 0 Å². The van der Waals surface area contributed by atoms with Crippen molar-refractivity contribution in [2.75, 3.05) is 0 Å². The van der Waals surface area contributed by atoms with Gasteiger partial charge >= 0.3 is 0 Å². The third-order valence-electron chi connectivity index (χ3n) is 5.47. The zero-order valence-electron chi connectivity index (χ0n) is 9.64. The van der Waals surface area contributed by atoms with E-state index in [4.69, 9.17) is 0 Å². The summed E-state index contributed by atoms with van der Waals surface area (Å²) in [6, 6.07) is 0. The Morgan fingerprint density at radius 3 is 2.31 bits per heavy atom. The maximum Gasteiger partial charge on any atom is -0.0264 e. The van der Waals surface area contributed by atoms with E-state index in [2.05, 4.69) is 27.7 Å². The molecule has 0 aromatic heterocycles. The average Bonchev–Trinajstić information content (AvgIpc) is 2.30. The molecular weight excluding hydrogens is 156 g/mol. The van der Waals surface area contributed by atoms with E-state index in [0.29, 0.717) is 0 Å². The molecule has 0 aliphatic heterocycles. The lowest BCUT2D eigenvalue weighted by molar-refractivity contribution is -0.0297. The Morgan fingerprint density at radius 1 is 1.15 bits per heavy atom. The highest BCUT2D eigenvalue weighted by Gasteiger charge is 2.58. The standard InChI is InChI=1S/C13H24/c1-5-10-7-12-11(6-2)8-13(12,4)9(10)3/h9-12H,5-8H2,1-4H3. The largest absolute Gasteiger partial charge is 0.0651 e. The molecule has 5 unspecified atom stereocenters. The molecule has 13 heavy (non-hydrogen) atoms. The fourth-order valence-corrected chi connectivity index (χ4v) is 4.24. The summed E-state index contributed by atoms with van der Waals surface area (Å²) in [7, 11) is 0. The fourth-order valence-electron chi connectivity index (χ4n) is 4.24. The van der Waals surface area contributed by atoms with Gasteiger partial charge in [-0.15, -0.1) is 0 Å². The van der Waals surface area contributed by atoms with E-state index in [-0.39, 0.29) is 0 Å². The van der Waals surface area contributed by atoms with Gasteiger partial charge in [-0.2, -0.15) is 0 Å². The lowest BCUT2D eigenvalue weighted by atomic mass is 9.53. The van der Waals surface area contributed by atoms with Crippen LogP contribution in [0.2, 0.25) is 0 Å². The van der Waals surface area contributed by atoms with Crippen molar-refractivity contribution in [1.29, 1.82) is 0 Å². The first-order valence-corrected chi connectivity index (χ1v) is 6.13. The molecular formula is C13H24. The summed E-state index contributed by atoms with van der Waals surface area (Å²) in [6.45, 7) is 9.79. The van der Waals surface area contributed by atoms with Crippen LogP contribution in [0.15, 0.2) is 0 Å². The highest BCUT2D eigenvalue weighted by atomic mass is 14.6. The van der Waals surface area contributed by atoms with E-state index in [0.717, 1.165) is 29.1 Å². The van der Waals surface area contributed by atoms with Crippen molar-refractivity contribution in [2.45, 2.75) is 53.4 Å². The van der Waals surface area contributed by atoms with Gasteiger partial charge in [-0.3, -0.25) is 0 Å². The summed E-state index contributed by atoms with van der Waals surface area (Å²) in [4.78, 5) is 0. The molecule has 2 rings (SSSR count). The Hall–Kier alpha value is 0.